The van der Waals surface area contributed by atoms with Crippen molar-refractivity contribution in [1.29, 1.82) is 5.26 Å². The van der Waals surface area contributed by atoms with Crippen LogP contribution in [0, 0.1) is 32.7 Å². The summed E-state index contributed by atoms with van der Waals surface area (Å²) in [5.41, 5.74) is 7.58. The van der Waals surface area contributed by atoms with E-state index in [1.807, 2.05) is 13.8 Å². The molecule has 1 aromatic carbocycles. The second kappa shape index (κ2) is 7.73. The van der Waals surface area contributed by atoms with Crippen molar-refractivity contribution in [2.45, 2.75) is 32.6 Å². The third kappa shape index (κ3) is 3.55. The number of nitro groups is 1. The summed E-state index contributed by atoms with van der Waals surface area (Å²) in [7, 11) is 0. The smallest absolute Gasteiger partial charge is 0.324 e. The highest BCUT2D eigenvalue weighted by Gasteiger charge is 2.45. The molecule has 2 aliphatic rings. The first-order chi connectivity index (χ1) is 15.0. The molecule has 0 spiro atoms. The molecule has 0 unspecified atom stereocenters. The Balaban J connectivity index is 1.99. The van der Waals surface area contributed by atoms with Crippen molar-refractivity contribution >= 4 is 39.4 Å². The molecule has 10 heteroatoms. The number of thiophene rings is 1. The molecule has 0 saturated carbocycles. The van der Waals surface area contributed by atoms with Gasteiger partial charge < -0.3 is 5.73 Å². The number of anilines is 1. The first kappa shape index (κ1) is 22.0. The molecule has 0 radical (unpaired) electrons. The zero-order valence-electron chi connectivity index (χ0n) is 17.2. The fourth-order valence-electron chi connectivity index (χ4n) is 4.31. The number of nitriles is 1. The van der Waals surface area contributed by atoms with Crippen LogP contribution in [0.25, 0.3) is 0 Å². The van der Waals surface area contributed by atoms with Crippen LogP contribution in [0.3, 0.4) is 0 Å². The van der Waals surface area contributed by atoms with E-state index in [0.717, 1.165) is 11.3 Å². The van der Waals surface area contributed by atoms with Crippen molar-refractivity contribution < 1.29 is 14.1 Å². The molecule has 1 aliphatic heterocycles. The largest absolute Gasteiger partial charge is 0.384 e. The molecule has 1 aliphatic carbocycles. The zero-order valence-corrected chi connectivity index (χ0v) is 18.8. The van der Waals surface area contributed by atoms with Gasteiger partial charge in [0.2, 0.25) is 0 Å². The van der Waals surface area contributed by atoms with Gasteiger partial charge in [-0.05, 0) is 36.1 Å². The van der Waals surface area contributed by atoms with E-state index >= 15 is 0 Å². The Morgan fingerprint density at radius 3 is 2.66 bits per heavy atom. The van der Waals surface area contributed by atoms with E-state index in [9.17, 15) is 24.6 Å². The average molecular weight is 473 g/mol. The second-order valence-electron chi connectivity index (χ2n) is 8.51. The number of rotatable bonds is 3. The Morgan fingerprint density at radius 1 is 1.34 bits per heavy atom. The summed E-state index contributed by atoms with van der Waals surface area (Å²) < 4.78 is 13.8. The summed E-state index contributed by atoms with van der Waals surface area (Å²) in [6, 6.07) is 9.08. The van der Waals surface area contributed by atoms with Crippen LogP contribution in [-0.2, 0) is 4.79 Å². The maximum Gasteiger partial charge on any atom is 0.324 e. The lowest BCUT2D eigenvalue weighted by Crippen LogP contribution is -2.42. The Morgan fingerprint density at radius 2 is 2.06 bits per heavy atom. The number of nitrogens with two attached hydrogens (primary N) is 1. The summed E-state index contributed by atoms with van der Waals surface area (Å²) in [5, 5.41) is 21.0. The lowest BCUT2D eigenvalue weighted by Gasteiger charge is -2.43. The van der Waals surface area contributed by atoms with Crippen molar-refractivity contribution in [2.75, 3.05) is 4.90 Å². The number of hydrogen-bond donors (Lipinski definition) is 1. The molecule has 0 amide bonds. The molecular formula is C22H18ClFN4O3S. The number of carbonyl (C=O) groups is 1. The van der Waals surface area contributed by atoms with Gasteiger partial charge in [0.25, 0.3) is 0 Å². The molecular weight excluding hydrogens is 455 g/mol. The van der Waals surface area contributed by atoms with Gasteiger partial charge in [-0.25, -0.2) is 4.39 Å². The van der Waals surface area contributed by atoms with E-state index in [2.05, 4.69) is 6.07 Å². The number of hydrogen-bond acceptors (Lipinski definition) is 7. The highest BCUT2D eigenvalue weighted by Crippen LogP contribution is 2.51. The van der Waals surface area contributed by atoms with Crippen LogP contribution in [-0.4, -0.2) is 10.7 Å². The van der Waals surface area contributed by atoms with Gasteiger partial charge in [-0.3, -0.25) is 19.8 Å². The zero-order chi connectivity index (χ0) is 23.4. The molecule has 7 nitrogen and oxygen atoms in total. The topological polar surface area (TPSA) is 113 Å². The second-order valence-corrected chi connectivity index (χ2v) is 10.0. The SMILES string of the molecule is CC1(C)CC(=O)C2=C(C1)N(c1ccc(F)c(Cl)c1)C(N)=C(C#N)[C@H]2c1ccc([N+](=O)[O-])s1. The number of carbonyl (C=O) groups excluding carboxylic acids is 1. The minimum absolute atomic E-state index is 0.0838. The lowest BCUT2D eigenvalue weighted by atomic mass is 9.69. The fourth-order valence-corrected chi connectivity index (χ4v) is 5.42. The Kier molecular flexibility index (Phi) is 5.31. The summed E-state index contributed by atoms with van der Waals surface area (Å²) in [5.74, 6) is -1.48. The third-order valence-electron chi connectivity index (χ3n) is 5.62. The van der Waals surface area contributed by atoms with E-state index in [0.29, 0.717) is 28.3 Å². The highest BCUT2D eigenvalue weighted by atomic mass is 35.5. The van der Waals surface area contributed by atoms with Gasteiger partial charge in [0, 0.05) is 34.3 Å². The molecule has 4 rings (SSSR count). The van der Waals surface area contributed by atoms with E-state index < -0.39 is 16.7 Å². The van der Waals surface area contributed by atoms with Gasteiger partial charge in [-0.1, -0.05) is 36.8 Å². The number of Topliss-reactive ketones (excluding diaryl/α,β-unsaturated/α-hetero) is 1. The fraction of sp³-hybridized carbons (Fsp3) is 0.273. The predicted molar refractivity (Wildman–Crippen MR) is 119 cm³/mol. The van der Waals surface area contributed by atoms with Crippen molar-refractivity contribution in [3.8, 4) is 6.07 Å². The monoisotopic (exact) mass is 472 g/mol. The van der Waals surface area contributed by atoms with E-state index in [-0.39, 0.29) is 39.0 Å². The van der Waals surface area contributed by atoms with Crippen LogP contribution in [0.4, 0.5) is 15.1 Å². The summed E-state index contributed by atoms with van der Waals surface area (Å²) in [6.45, 7) is 3.91. The number of benzene rings is 1. The van der Waals surface area contributed by atoms with Crippen LogP contribution in [0.1, 0.15) is 37.5 Å². The predicted octanol–water partition coefficient (Wildman–Crippen LogP) is 5.39. The molecule has 0 fully saturated rings. The Bertz CT molecular complexity index is 1270. The number of halogens is 2. The number of allylic oxidation sites excluding steroid dienone is 3. The first-order valence-corrected chi connectivity index (χ1v) is 10.9. The maximum absolute atomic E-state index is 13.8. The molecule has 2 aromatic rings. The maximum atomic E-state index is 13.8. The van der Waals surface area contributed by atoms with Gasteiger partial charge in [0.1, 0.15) is 11.6 Å². The van der Waals surface area contributed by atoms with Crippen molar-refractivity contribution in [3.63, 3.8) is 0 Å². The highest BCUT2D eigenvalue weighted by molar-refractivity contribution is 7.15. The van der Waals surface area contributed by atoms with Crippen molar-refractivity contribution in [2.24, 2.45) is 11.1 Å². The van der Waals surface area contributed by atoms with Gasteiger partial charge >= 0.3 is 5.00 Å². The summed E-state index contributed by atoms with van der Waals surface area (Å²) >= 11 is 6.91. The van der Waals surface area contributed by atoms with Gasteiger partial charge in [-0.15, -0.1) is 0 Å². The third-order valence-corrected chi connectivity index (χ3v) is 7.01. The van der Waals surface area contributed by atoms with Crippen LogP contribution in [0.5, 0.6) is 0 Å². The molecule has 32 heavy (non-hydrogen) atoms. The average Bonchev–Trinajstić information content (AvgIpc) is 3.19. The number of nitrogens with zero attached hydrogens (tertiary/aromatic N) is 3. The van der Waals surface area contributed by atoms with Crippen LogP contribution >= 0.6 is 22.9 Å². The standard InChI is InChI=1S/C22H18ClFN4O3S/c1-22(2)8-15-20(16(29)9-22)19(17-5-6-18(32-17)28(30)31)12(10-25)21(26)27(15)11-3-4-14(24)13(23)7-11/h3-7,19H,8-9,26H2,1-2H3/t19-/m0/s1. The Hall–Kier alpha value is -3.22. The first-order valence-electron chi connectivity index (χ1n) is 9.69. The van der Waals surface area contributed by atoms with E-state index in [1.165, 1.54) is 24.3 Å². The van der Waals surface area contributed by atoms with E-state index in [4.69, 9.17) is 17.3 Å². The minimum atomic E-state index is -0.801. The molecule has 1 aromatic heterocycles. The van der Waals surface area contributed by atoms with E-state index in [1.54, 1.807) is 11.0 Å². The van der Waals surface area contributed by atoms with Crippen molar-refractivity contribution in [3.05, 3.63) is 78.8 Å². The normalized spacial score (nSPS) is 20.3. The molecule has 0 saturated heterocycles. The molecule has 2 N–H and O–H groups in total. The molecule has 1 atom stereocenters. The quantitative estimate of drug-likeness (QED) is 0.473. The summed E-state index contributed by atoms with van der Waals surface area (Å²) in [6.07, 6.45) is 0.721. The van der Waals surface area contributed by atoms with Gasteiger partial charge in [0.05, 0.1) is 27.5 Å². The molecule has 164 valence electrons. The minimum Gasteiger partial charge on any atom is -0.384 e. The van der Waals surface area contributed by atoms with Crippen molar-refractivity contribution in [1.82, 2.24) is 0 Å². The molecule has 0 bridgehead atoms. The number of ketones is 1. The van der Waals surface area contributed by atoms with Crippen LogP contribution < -0.4 is 10.6 Å². The molecule has 2 heterocycles. The Labute approximate surface area is 192 Å². The van der Waals surface area contributed by atoms with Gasteiger partial charge in [-0.2, -0.15) is 5.26 Å². The van der Waals surface area contributed by atoms with Gasteiger partial charge in [0.15, 0.2) is 5.78 Å². The lowest BCUT2D eigenvalue weighted by molar-refractivity contribution is -0.380. The summed E-state index contributed by atoms with van der Waals surface area (Å²) in [4.78, 5) is 26.2. The van der Waals surface area contributed by atoms with Crippen LogP contribution in [0.15, 0.2) is 53.0 Å². The van der Waals surface area contributed by atoms with Crippen LogP contribution in [0.2, 0.25) is 5.02 Å².